The van der Waals surface area contributed by atoms with Gasteiger partial charge in [0, 0.05) is 11.5 Å². The van der Waals surface area contributed by atoms with Crippen molar-refractivity contribution in [2.24, 2.45) is 5.92 Å². The van der Waals surface area contributed by atoms with Crippen molar-refractivity contribution in [1.29, 1.82) is 0 Å². The lowest BCUT2D eigenvalue weighted by Crippen LogP contribution is -2.09. The summed E-state index contributed by atoms with van der Waals surface area (Å²) in [5.41, 5.74) is 0.593. The van der Waals surface area contributed by atoms with Crippen molar-refractivity contribution in [1.82, 2.24) is 0 Å². The molecule has 1 fully saturated rings. The van der Waals surface area contributed by atoms with Crippen LogP contribution in [0.4, 0.5) is 0 Å². The van der Waals surface area contributed by atoms with Crippen molar-refractivity contribution >= 4 is 5.97 Å². The van der Waals surface area contributed by atoms with E-state index in [9.17, 15) is 9.90 Å². The Hall–Kier alpha value is -1.91. The molecule has 5 heteroatoms. The molecule has 1 aliphatic carbocycles. The van der Waals surface area contributed by atoms with E-state index in [0.29, 0.717) is 23.0 Å². The van der Waals surface area contributed by atoms with Gasteiger partial charge in [-0.2, -0.15) is 0 Å². The minimum absolute atomic E-state index is 0.0119. The normalized spacial score (nSPS) is 18.7. The van der Waals surface area contributed by atoms with Crippen molar-refractivity contribution in [3.05, 3.63) is 17.7 Å². The maximum Gasteiger partial charge on any atom is 0.303 e. The van der Waals surface area contributed by atoms with Crippen molar-refractivity contribution in [3.63, 3.8) is 0 Å². The zero-order valence-electron chi connectivity index (χ0n) is 9.76. The molecule has 1 aromatic carbocycles. The number of ether oxygens (including phenoxy) is 2. The molecule has 5 nitrogen and oxygen atoms in total. The van der Waals surface area contributed by atoms with Gasteiger partial charge in [0.2, 0.25) is 6.79 Å². The van der Waals surface area contributed by atoms with Gasteiger partial charge in [-0.3, -0.25) is 4.79 Å². The highest BCUT2D eigenvalue weighted by molar-refractivity contribution is 5.69. The topological polar surface area (TPSA) is 76.0 Å². The molecular formula is C13H14O5. The first kappa shape index (κ1) is 11.2. The number of phenolic OH excluding ortho intramolecular Hbond substituents is 1. The molecule has 3 rings (SSSR count). The van der Waals surface area contributed by atoms with Gasteiger partial charge in [-0.25, -0.2) is 0 Å². The summed E-state index contributed by atoms with van der Waals surface area (Å²) in [6.07, 6.45) is 2.02. The fourth-order valence-electron chi connectivity index (χ4n) is 2.53. The van der Waals surface area contributed by atoms with Crippen molar-refractivity contribution in [2.75, 3.05) is 6.79 Å². The Kier molecular flexibility index (Phi) is 2.54. The number of carbonyl (C=O) groups is 1. The first-order chi connectivity index (χ1) is 8.66. The zero-order chi connectivity index (χ0) is 12.7. The van der Waals surface area contributed by atoms with Crippen LogP contribution < -0.4 is 9.47 Å². The molecule has 0 radical (unpaired) electrons. The number of hydrogen-bond acceptors (Lipinski definition) is 4. The predicted molar refractivity (Wildman–Crippen MR) is 61.9 cm³/mol. The summed E-state index contributed by atoms with van der Waals surface area (Å²) in [6, 6.07) is 3.19. The third kappa shape index (κ3) is 1.85. The summed E-state index contributed by atoms with van der Waals surface area (Å²) in [7, 11) is 0. The van der Waals surface area contributed by atoms with Crippen LogP contribution in [0.5, 0.6) is 17.2 Å². The number of aromatic hydroxyl groups is 1. The molecule has 0 saturated heterocycles. The summed E-state index contributed by atoms with van der Waals surface area (Å²) >= 11 is 0. The molecular weight excluding hydrogens is 236 g/mol. The minimum atomic E-state index is -0.859. The number of benzene rings is 1. The summed E-state index contributed by atoms with van der Waals surface area (Å²) in [5, 5.41) is 19.0. The number of hydrogen-bond donors (Lipinski definition) is 2. The lowest BCUT2D eigenvalue weighted by molar-refractivity contribution is -0.137. The summed E-state index contributed by atoms with van der Waals surface area (Å²) in [5.74, 6) is 0.453. The molecule has 96 valence electrons. The predicted octanol–water partition coefficient (Wildman–Crippen LogP) is 2.09. The smallest absolute Gasteiger partial charge is 0.303 e. The molecule has 0 amide bonds. The van der Waals surface area contributed by atoms with Crippen LogP contribution in [0, 0.1) is 5.92 Å². The number of rotatable bonds is 4. The van der Waals surface area contributed by atoms with Gasteiger partial charge in [-0.1, -0.05) is 0 Å². The minimum Gasteiger partial charge on any atom is -0.508 e. The molecule has 1 atom stereocenters. The van der Waals surface area contributed by atoms with Crippen LogP contribution in [0.3, 0.4) is 0 Å². The van der Waals surface area contributed by atoms with Gasteiger partial charge in [-0.15, -0.1) is 0 Å². The Morgan fingerprint density at radius 1 is 1.39 bits per heavy atom. The van der Waals surface area contributed by atoms with Crippen molar-refractivity contribution < 1.29 is 24.5 Å². The lowest BCUT2D eigenvalue weighted by Gasteiger charge is -2.17. The standard InChI is InChI=1S/C13H14O5/c14-9-3-4-10-13(18-6-17-10)12(9)8(5-11(15)16)7-1-2-7/h3-4,7-8,14H,1-2,5-6H2,(H,15,16). The van der Waals surface area contributed by atoms with Gasteiger partial charge >= 0.3 is 5.97 Å². The van der Waals surface area contributed by atoms with Crippen LogP contribution in [0.1, 0.15) is 30.7 Å². The van der Waals surface area contributed by atoms with Gasteiger partial charge in [0.05, 0.1) is 6.42 Å². The second kappa shape index (κ2) is 4.08. The SMILES string of the molecule is O=C(O)CC(c1c(O)ccc2c1OCO2)C1CC1. The van der Waals surface area contributed by atoms with E-state index in [0.717, 1.165) is 12.8 Å². The van der Waals surface area contributed by atoms with E-state index in [1.165, 1.54) is 0 Å². The maximum absolute atomic E-state index is 11.0. The molecule has 1 aromatic rings. The molecule has 18 heavy (non-hydrogen) atoms. The van der Waals surface area contributed by atoms with Crippen molar-refractivity contribution in [3.8, 4) is 17.2 Å². The zero-order valence-corrected chi connectivity index (χ0v) is 9.76. The first-order valence-corrected chi connectivity index (χ1v) is 6.00. The second-order valence-electron chi connectivity index (χ2n) is 4.77. The van der Waals surface area contributed by atoms with Gasteiger partial charge in [0.1, 0.15) is 5.75 Å². The van der Waals surface area contributed by atoms with Crippen LogP contribution in [-0.4, -0.2) is 23.0 Å². The van der Waals surface area contributed by atoms with Crippen LogP contribution in [0.25, 0.3) is 0 Å². The highest BCUT2D eigenvalue weighted by atomic mass is 16.7. The van der Waals surface area contributed by atoms with Crippen LogP contribution >= 0.6 is 0 Å². The average Bonchev–Trinajstić information content (AvgIpc) is 3.05. The molecule has 2 aliphatic rings. The molecule has 1 aliphatic heterocycles. The largest absolute Gasteiger partial charge is 0.508 e. The van der Waals surface area contributed by atoms with Gasteiger partial charge in [0.15, 0.2) is 11.5 Å². The first-order valence-electron chi connectivity index (χ1n) is 6.00. The van der Waals surface area contributed by atoms with E-state index in [-0.39, 0.29) is 24.9 Å². The molecule has 0 aromatic heterocycles. The van der Waals surface area contributed by atoms with Gasteiger partial charge < -0.3 is 19.7 Å². The van der Waals surface area contributed by atoms with E-state index in [1.807, 2.05) is 0 Å². The summed E-state index contributed by atoms with van der Waals surface area (Å²) in [6.45, 7) is 0.121. The van der Waals surface area contributed by atoms with E-state index < -0.39 is 5.97 Å². The van der Waals surface area contributed by atoms with Crippen LogP contribution in [0.15, 0.2) is 12.1 Å². The van der Waals surface area contributed by atoms with Crippen LogP contribution in [-0.2, 0) is 4.79 Å². The molecule has 0 bridgehead atoms. The Balaban J connectivity index is 2.03. The Morgan fingerprint density at radius 2 is 2.17 bits per heavy atom. The van der Waals surface area contributed by atoms with Gasteiger partial charge in [0.25, 0.3) is 0 Å². The number of carboxylic acids is 1. The quantitative estimate of drug-likeness (QED) is 0.855. The van der Waals surface area contributed by atoms with Gasteiger partial charge in [-0.05, 0) is 30.9 Å². The molecule has 2 N–H and O–H groups in total. The highest BCUT2D eigenvalue weighted by Crippen LogP contribution is 2.52. The number of fused-ring (bicyclic) bond motifs is 1. The number of carboxylic acid groups (broad SMARTS) is 1. The molecule has 1 heterocycles. The Bertz CT molecular complexity index is 492. The fraction of sp³-hybridized carbons (Fsp3) is 0.462. The third-order valence-electron chi connectivity index (χ3n) is 3.51. The fourth-order valence-corrected chi connectivity index (χ4v) is 2.53. The molecule has 0 spiro atoms. The second-order valence-corrected chi connectivity index (χ2v) is 4.77. The summed E-state index contributed by atoms with van der Waals surface area (Å²) in [4.78, 5) is 11.0. The molecule has 1 saturated carbocycles. The average molecular weight is 250 g/mol. The van der Waals surface area contributed by atoms with E-state index >= 15 is 0 Å². The number of aliphatic carboxylic acids is 1. The van der Waals surface area contributed by atoms with E-state index in [4.69, 9.17) is 14.6 Å². The monoisotopic (exact) mass is 250 g/mol. The molecule has 1 unspecified atom stereocenters. The van der Waals surface area contributed by atoms with Crippen LogP contribution in [0.2, 0.25) is 0 Å². The Morgan fingerprint density at radius 3 is 2.83 bits per heavy atom. The van der Waals surface area contributed by atoms with Crippen molar-refractivity contribution in [2.45, 2.75) is 25.2 Å². The van der Waals surface area contributed by atoms with E-state index in [2.05, 4.69) is 0 Å². The maximum atomic E-state index is 11.0. The lowest BCUT2D eigenvalue weighted by atomic mass is 9.89. The third-order valence-corrected chi connectivity index (χ3v) is 3.51. The highest BCUT2D eigenvalue weighted by Gasteiger charge is 2.38. The number of phenols is 1. The van der Waals surface area contributed by atoms with E-state index in [1.54, 1.807) is 12.1 Å². The Labute approximate surface area is 104 Å². The summed E-state index contributed by atoms with van der Waals surface area (Å²) < 4.78 is 10.6.